The molecular weight excluding hydrogens is 389 g/mol. The third-order valence-corrected chi connectivity index (χ3v) is 4.64. The van der Waals surface area contributed by atoms with Gasteiger partial charge in [0.2, 0.25) is 0 Å². The molecule has 1 heterocycles. The first-order chi connectivity index (χ1) is 14.5. The molecule has 0 unspecified atom stereocenters. The predicted octanol–water partition coefficient (Wildman–Crippen LogP) is 2.52. The summed E-state index contributed by atoms with van der Waals surface area (Å²) in [5.74, 6) is -1.34. The molecule has 0 N–H and O–H groups in total. The van der Waals surface area contributed by atoms with E-state index in [2.05, 4.69) is 4.98 Å². The number of halogens is 1. The van der Waals surface area contributed by atoms with E-state index in [-0.39, 0.29) is 36.8 Å². The lowest BCUT2D eigenvalue weighted by molar-refractivity contribution is -0.152. The van der Waals surface area contributed by atoms with Gasteiger partial charge in [0.05, 0.1) is 23.7 Å². The molecule has 1 aromatic heterocycles. The zero-order chi connectivity index (χ0) is 21.5. The highest BCUT2D eigenvalue weighted by atomic mass is 19.1. The number of aryl methyl sites for hydroxylation is 1. The molecule has 0 fully saturated rings. The van der Waals surface area contributed by atoms with Gasteiger partial charge in [-0.25, -0.2) is 9.37 Å². The fourth-order valence-corrected chi connectivity index (χ4v) is 3.01. The van der Waals surface area contributed by atoms with Crippen molar-refractivity contribution in [2.75, 3.05) is 13.2 Å². The van der Waals surface area contributed by atoms with Crippen molar-refractivity contribution in [3.05, 3.63) is 76.6 Å². The fraction of sp³-hybridized carbons (Fsp3) is 0.273. The summed E-state index contributed by atoms with van der Waals surface area (Å²) in [6, 6.07) is 12.9. The van der Waals surface area contributed by atoms with Gasteiger partial charge in [-0.2, -0.15) is 0 Å². The molecule has 3 aromatic rings. The van der Waals surface area contributed by atoms with Crippen molar-refractivity contribution < 1.29 is 18.7 Å². The Morgan fingerprint density at radius 3 is 2.73 bits per heavy atom. The van der Waals surface area contributed by atoms with Crippen molar-refractivity contribution in [3.8, 4) is 0 Å². The van der Waals surface area contributed by atoms with Crippen LogP contribution in [0.4, 0.5) is 4.39 Å². The van der Waals surface area contributed by atoms with E-state index in [1.807, 2.05) is 0 Å². The molecule has 0 aliphatic rings. The number of amides is 1. The lowest BCUT2D eigenvalue weighted by atomic mass is 10.2. The summed E-state index contributed by atoms with van der Waals surface area (Å²) in [7, 11) is 0. The van der Waals surface area contributed by atoms with Gasteiger partial charge in [-0.15, -0.1) is 0 Å². The first-order valence-electron chi connectivity index (χ1n) is 9.60. The van der Waals surface area contributed by atoms with Gasteiger partial charge in [0.1, 0.15) is 5.82 Å². The second-order valence-electron chi connectivity index (χ2n) is 6.71. The molecule has 0 spiro atoms. The highest BCUT2D eigenvalue weighted by molar-refractivity contribution is 5.80. The van der Waals surface area contributed by atoms with E-state index in [9.17, 15) is 18.8 Å². The van der Waals surface area contributed by atoms with Crippen LogP contribution >= 0.6 is 0 Å². The maximum absolute atomic E-state index is 13.3. The van der Waals surface area contributed by atoms with Crippen LogP contribution in [0, 0.1) is 5.82 Å². The summed E-state index contributed by atoms with van der Waals surface area (Å²) in [4.78, 5) is 42.4. The minimum atomic E-state index is -0.592. The lowest BCUT2D eigenvalue weighted by Gasteiger charge is -2.21. The van der Waals surface area contributed by atoms with Gasteiger partial charge in [0, 0.05) is 19.6 Å². The number of likely N-dealkylation sites (N-methyl/N-ethyl adjacent to an activating group) is 1. The monoisotopic (exact) mass is 411 g/mol. The van der Waals surface area contributed by atoms with E-state index in [1.54, 1.807) is 43.3 Å². The highest BCUT2D eigenvalue weighted by Gasteiger charge is 2.15. The second kappa shape index (κ2) is 9.78. The van der Waals surface area contributed by atoms with Crippen LogP contribution in [-0.2, 0) is 27.4 Å². The number of carbonyl (C=O) groups excluding carboxylic acids is 2. The number of para-hydroxylation sites is 1. The van der Waals surface area contributed by atoms with Crippen molar-refractivity contribution >= 4 is 22.8 Å². The predicted molar refractivity (Wildman–Crippen MR) is 109 cm³/mol. The summed E-state index contributed by atoms with van der Waals surface area (Å²) in [6.45, 7) is 2.10. The van der Waals surface area contributed by atoms with Gasteiger partial charge < -0.3 is 9.64 Å². The van der Waals surface area contributed by atoms with Crippen LogP contribution in [0.25, 0.3) is 10.9 Å². The lowest BCUT2D eigenvalue weighted by Crippen LogP contribution is -2.34. The summed E-state index contributed by atoms with van der Waals surface area (Å²) in [6.07, 6.45) is 1.32. The van der Waals surface area contributed by atoms with Gasteiger partial charge in [-0.3, -0.25) is 19.0 Å². The molecule has 7 nitrogen and oxygen atoms in total. The number of hydrogen-bond acceptors (Lipinski definition) is 5. The molecule has 0 radical (unpaired) electrons. The van der Waals surface area contributed by atoms with Crippen LogP contribution in [-0.4, -0.2) is 39.5 Å². The summed E-state index contributed by atoms with van der Waals surface area (Å²) < 4.78 is 19.7. The Morgan fingerprint density at radius 1 is 1.17 bits per heavy atom. The van der Waals surface area contributed by atoms with Crippen LogP contribution < -0.4 is 5.56 Å². The second-order valence-corrected chi connectivity index (χ2v) is 6.71. The van der Waals surface area contributed by atoms with Crippen molar-refractivity contribution in [2.45, 2.75) is 26.4 Å². The number of aromatic nitrogens is 2. The Balaban J connectivity index is 1.52. The van der Waals surface area contributed by atoms with Gasteiger partial charge >= 0.3 is 5.97 Å². The molecule has 0 atom stereocenters. The summed E-state index contributed by atoms with van der Waals surface area (Å²) in [5.41, 5.74) is 1.00. The maximum Gasteiger partial charge on any atom is 0.308 e. The van der Waals surface area contributed by atoms with Gasteiger partial charge in [0.15, 0.2) is 6.61 Å². The number of hydrogen-bond donors (Lipinski definition) is 0. The smallest absolute Gasteiger partial charge is 0.308 e. The maximum atomic E-state index is 13.3. The Hall–Kier alpha value is -3.55. The quantitative estimate of drug-likeness (QED) is 0.532. The normalized spacial score (nSPS) is 10.7. The number of ether oxygens (including phenoxy) is 1. The van der Waals surface area contributed by atoms with Crippen LogP contribution in [0.5, 0.6) is 0 Å². The SMILES string of the molecule is CCN(Cc1cccc(F)c1)C(=O)COC(=O)CCn1cnc2ccccc2c1=O. The number of rotatable bonds is 8. The van der Waals surface area contributed by atoms with Crippen LogP contribution in [0.2, 0.25) is 0 Å². The molecule has 2 aromatic carbocycles. The van der Waals surface area contributed by atoms with Crippen molar-refractivity contribution in [1.29, 1.82) is 0 Å². The number of esters is 1. The largest absolute Gasteiger partial charge is 0.456 e. The molecule has 156 valence electrons. The van der Waals surface area contributed by atoms with E-state index < -0.39 is 12.6 Å². The highest BCUT2D eigenvalue weighted by Crippen LogP contribution is 2.08. The van der Waals surface area contributed by atoms with Crippen molar-refractivity contribution in [2.24, 2.45) is 0 Å². The van der Waals surface area contributed by atoms with E-state index >= 15 is 0 Å². The fourth-order valence-electron chi connectivity index (χ4n) is 3.01. The number of fused-ring (bicyclic) bond motifs is 1. The Bertz CT molecular complexity index is 1110. The number of nitrogens with zero attached hydrogens (tertiary/aromatic N) is 3. The zero-order valence-electron chi connectivity index (χ0n) is 16.6. The van der Waals surface area contributed by atoms with E-state index in [4.69, 9.17) is 4.74 Å². The first-order valence-corrected chi connectivity index (χ1v) is 9.60. The molecule has 3 rings (SSSR count). The molecule has 30 heavy (non-hydrogen) atoms. The molecule has 0 aliphatic carbocycles. The standard InChI is InChI=1S/C22H22FN3O4/c1-2-25(13-16-6-5-7-17(23)12-16)20(27)14-30-21(28)10-11-26-15-24-19-9-4-3-8-18(19)22(26)29/h3-9,12,15H,2,10-11,13-14H2,1H3. The minimum absolute atomic E-state index is 0.0662. The van der Waals surface area contributed by atoms with Gasteiger partial charge in [0.25, 0.3) is 11.5 Å². The van der Waals surface area contributed by atoms with Crippen molar-refractivity contribution in [3.63, 3.8) is 0 Å². The van der Waals surface area contributed by atoms with Crippen molar-refractivity contribution in [1.82, 2.24) is 14.5 Å². The van der Waals surface area contributed by atoms with E-state index in [0.29, 0.717) is 23.0 Å². The third-order valence-electron chi connectivity index (χ3n) is 4.64. The zero-order valence-corrected chi connectivity index (χ0v) is 16.6. The van der Waals surface area contributed by atoms with Crippen LogP contribution in [0.3, 0.4) is 0 Å². The van der Waals surface area contributed by atoms with Gasteiger partial charge in [-0.05, 0) is 36.8 Å². The van der Waals surface area contributed by atoms with Crippen LogP contribution in [0.15, 0.2) is 59.7 Å². The topological polar surface area (TPSA) is 81.5 Å². The van der Waals surface area contributed by atoms with Gasteiger partial charge in [-0.1, -0.05) is 24.3 Å². The molecule has 0 saturated heterocycles. The number of carbonyl (C=O) groups is 2. The average molecular weight is 411 g/mol. The molecular formula is C22H22FN3O4. The Morgan fingerprint density at radius 2 is 1.97 bits per heavy atom. The molecule has 1 amide bonds. The molecule has 0 saturated carbocycles. The van der Waals surface area contributed by atoms with Crippen LogP contribution in [0.1, 0.15) is 18.9 Å². The minimum Gasteiger partial charge on any atom is -0.456 e. The third kappa shape index (κ3) is 5.28. The summed E-state index contributed by atoms with van der Waals surface area (Å²) >= 11 is 0. The summed E-state index contributed by atoms with van der Waals surface area (Å²) in [5, 5.41) is 0.472. The van der Waals surface area contributed by atoms with E-state index in [0.717, 1.165) is 0 Å². The Labute approximate surface area is 172 Å². The Kier molecular flexibility index (Phi) is 6.90. The molecule has 0 aliphatic heterocycles. The number of benzene rings is 2. The average Bonchev–Trinajstić information content (AvgIpc) is 2.75. The molecule has 8 heteroatoms. The first kappa shape index (κ1) is 21.2. The van der Waals surface area contributed by atoms with E-state index in [1.165, 1.54) is 27.9 Å². The molecule has 0 bridgehead atoms.